The molecule has 4 bridgehead atoms. The van der Waals surface area contributed by atoms with E-state index in [0.717, 1.165) is 30.4 Å². The maximum Gasteiger partial charge on any atom is 0.475 e. The Morgan fingerprint density at radius 2 is 1.30 bits per heavy atom. The average molecular weight is 426 g/mol. The van der Waals surface area contributed by atoms with Crippen molar-refractivity contribution in [2.45, 2.75) is 50.9 Å². The Morgan fingerprint density at radius 1 is 0.800 bits per heavy atom. The molecule has 158 valence electrons. The maximum atomic E-state index is 13.8. The molecule has 4 fully saturated rings. The molecule has 0 amide bonds. The zero-order valence-corrected chi connectivity index (χ0v) is 17.8. The Kier molecular flexibility index (Phi) is 5.40. The summed E-state index contributed by atoms with van der Waals surface area (Å²) in [6.07, 6.45) is 3.99. The summed E-state index contributed by atoms with van der Waals surface area (Å²) in [7, 11) is -3.83. The number of phosphoric ester groups is 1. The Bertz CT molecular complexity index is 879. The number of hydrogen-bond donors (Lipinski definition) is 0. The van der Waals surface area contributed by atoms with E-state index in [0.29, 0.717) is 24.5 Å². The van der Waals surface area contributed by atoms with Crippen LogP contribution in [0.5, 0.6) is 0 Å². The van der Waals surface area contributed by atoms with Crippen LogP contribution in [-0.4, -0.2) is 11.4 Å². The van der Waals surface area contributed by atoms with E-state index in [-0.39, 0.29) is 25.0 Å². The first-order valence-corrected chi connectivity index (χ1v) is 12.2. The highest BCUT2D eigenvalue weighted by atomic mass is 31.2. The van der Waals surface area contributed by atoms with Gasteiger partial charge >= 0.3 is 7.82 Å². The molecule has 0 heterocycles. The molecular weight excluding hydrogens is 399 g/mol. The summed E-state index contributed by atoms with van der Waals surface area (Å²) in [5.74, 6) is 0.910. The van der Waals surface area contributed by atoms with Gasteiger partial charge in [-0.2, -0.15) is 0 Å². The number of Topliss-reactive ketones (excluding diaryl/α,β-unsaturated/α-hetero) is 1. The first-order valence-electron chi connectivity index (χ1n) is 10.7. The summed E-state index contributed by atoms with van der Waals surface area (Å²) in [5, 5.41) is 0. The van der Waals surface area contributed by atoms with E-state index in [2.05, 4.69) is 0 Å². The lowest BCUT2D eigenvalue weighted by atomic mass is 9.54. The third-order valence-corrected chi connectivity index (χ3v) is 8.21. The van der Waals surface area contributed by atoms with Gasteiger partial charge in [0.15, 0.2) is 0 Å². The topological polar surface area (TPSA) is 61.8 Å². The summed E-state index contributed by atoms with van der Waals surface area (Å²) in [5.41, 5.74) is 1.24. The fraction of sp³-hybridized carbons (Fsp3) is 0.458. The van der Waals surface area contributed by atoms with Crippen molar-refractivity contribution < 1.29 is 22.9 Å². The predicted octanol–water partition coefficient (Wildman–Crippen LogP) is 5.69. The SMILES string of the molecule is O=C1C2CC3CC1CC(OP(=O)(OCc1ccccc1)OCc1ccccc1)(C3)C2. The van der Waals surface area contributed by atoms with E-state index in [1.807, 2.05) is 60.7 Å². The Hall–Kier alpha value is -1.78. The first kappa shape index (κ1) is 20.1. The van der Waals surface area contributed by atoms with Crippen molar-refractivity contribution in [2.75, 3.05) is 0 Å². The molecule has 2 atom stereocenters. The highest BCUT2D eigenvalue weighted by molar-refractivity contribution is 7.48. The van der Waals surface area contributed by atoms with Crippen molar-refractivity contribution in [3.63, 3.8) is 0 Å². The molecule has 6 rings (SSSR count). The lowest BCUT2D eigenvalue weighted by molar-refractivity contribution is -0.160. The number of benzene rings is 2. The van der Waals surface area contributed by atoms with Gasteiger partial charge in [0.1, 0.15) is 5.78 Å². The molecule has 30 heavy (non-hydrogen) atoms. The molecule has 0 radical (unpaired) electrons. The van der Waals surface area contributed by atoms with E-state index in [9.17, 15) is 9.36 Å². The van der Waals surface area contributed by atoms with Crippen molar-refractivity contribution in [3.8, 4) is 0 Å². The van der Waals surface area contributed by atoms with Crippen LogP contribution in [-0.2, 0) is 36.1 Å². The molecule has 0 aromatic heterocycles. The minimum Gasteiger partial charge on any atom is -0.299 e. The van der Waals surface area contributed by atoms with Gasteiger partial charge in [-0.25, -0.2) is 4.57 Å². The van der Waals surface area contributed by atoms with Crippen LogP contribution in [0.25, 0.3) is 0 Å². The van der Waals surface area contributed by atoms with Crippen molar-refractivity contribution in [1.29, 1.82) is 0 Å². The number of phosphoric acid groups is 1. The Labute approximate surface area is 177 Å². The average Bonchev–Trinajstić information content (AvgIpc) is 2.75. The summed E-state index contributed by atoms with van der Waals surface area (Å²) in [6.45, 7) is 0.302. The second kappa shape index (κ2) is 8.05. The molecule has 0 spiro atoms. The molecule has 2 aromatic rings. The number of ketones is 1. The summed E-state index contributed by atoms with van der Waals surface area (Å²) < 4.78 is 31.7. The van der Waals surface area contributed by atoms with Gasteiger partial charge in [0.05, 0.1) is 18.8 Å². The number of carbonyl (C=O) groups is 1. The van der Waals surface area contributed by atoms with Crippen LogP contribution < -0.4 is 0 Å². The lowest BCUT2D eigenvalue weighted by Gasteiger charge is -2.55. The summed E-state index contributed by atoms with van der Waals surface area (Å²) in [4.78, 5) is 12.5. The van der Waals surface area contributed by atoms with Crippen LogP contribution in [0.2, 0.25) is 0 Å². The zero-order valence-electron chi connectivity index (χ0n) is 16.9. The third kappa shape index (κ3) is 4.17. The Balaban J connectivity index is 1.35. The van der Waals surface area contributed by atoms with Gasteiger partial charge in [-0.1, -0.05) is 60.7 Å². The van der Waals surface area contributed by atoms with Crippen molar-refractivity contribution in [2.24, 2.45) is 17.8 Å². The first-order chi connectivity index (χ1) is 14.5. The molecule has 6 heteroatoms. The molecule has 5 nitrogen and oxygen atoms in total. The van der Waals surface area contributed by atoms with Crippen molar-refractivity contribution in [1.82, 2.24) is 0 Å². The molecule has 4 aliphatic carbocycles. The molecule has 0 aliphatic heterocycles. The van der Waals surface area contributed by atoms with E-state index in [1.54, 1.807) is 0 Å². The monoisotopic (exact) mass is 426 g/mol. The third-order valence-electron chi connectivity index (χ3n) is 6.71. The van der Waals surface area contributed by atoms with Gasteiger partial charge in [0, 0.05) is 11.8 Å². The molecular formula is C24H27O5P. The second-order valence-corrected chi connectivity index (χ2v) is 10.6. The lowest BCUT2D eigenvalue weighted by Crippen LogP contribution is -2.56. The van der Waals surface area contributed by atoms with Crippen molar-refractivity contribution >= 4 is 13.6 Å². The van der Waals surface area contributed by atoms with Crippen molar-refractivity contribution in [3.05, 3.63) is 71.8 Å². The fourth-order valence-corrected chi connectivity index (χ4v) is 7.06. The van der Waals surface area contributed by atoms with Crippen LogP contribution in [0.15, 0.2) is 60.7 Å². The second-order valence-electron chi connectivity index (χ2n) is 8.99. The molecule has 2 aromatic carbocycles. The van der Waals surface area contributed by atoms with E-state index >= 15 is 0 Å². The normalized spacial score (nSPS) is 30.0. The zero-order chi connectivity index (χ0) is 20.6. The summed E-state index contributed by atoms with van der Waals surface area (Å²) >= 11 is 0. The molecule has 0 N–H and O–H groups in total. The van der Waals surface area contributed by atoms with Crippen LogP contribution in [0, 0.1) is 17.8 Å². The van der Waals surface area contributed by atoms with Gasteiger partial charge < -0.3 is 0 Å². The predicted molar refractivity (Wildman–Crippen MR) is 112 cm³/mol. The Morgan fingerprint density at radius 3 is 1.80 bits per heavy atom. The van der Waals surface area contributed by atoms with Gasteiger partial charge in [-0.3, -0.25) is 18.4 Å². The van der Waals surface area contributed by atoms with Gasteiger partial charge in [0.2, 0.25) is 0 Å². The molecule has 0 saturated heterocycles. The highest BCUT2D eigenvalue weighted by Crippen LogP contribution is 2.63. The molecule has 4 aliphatic rings. The van der Waals surface area contributed by atoms with E-state index in [1.165, 1.54) is 0 Å². The van der Waals surface area contributed by atoms with E-state index < -0.39 is 13.4 Å². The van der Waals surface area contributed by atoms with E-state index in [4.69, 9.17) is 13.6 Å². The van der Waals surface area contributed by atoms with Crippen LogP contribution >= 0.6 is 7.82 Å². The quantitative estimate of drug-likeness (QED) is 0.507. The number of hydrogen-bond acceptors (Lipinski definition) is 5. The smallest absolute Gasteiger partial charge is 0.299 e. The van der Waals surface area contributed by atoms with Crippen LogP contribution in [0.4, 0.5) is 0 Å². The van der Waals surface area contributed by atoms with Gasteiger partial charge in [-0.05, 0) is 49.1 Å². The molecule has 4 saturated carbocycles. The highest BCUT2D eigenvalue weighted by Gasteiger charge is 2.58. The largest absolute Gasteiger partial charge is 0.475 e. The number of rotatable bonds is 8. The summed E-state index contributed by atoms with van der Waals surface area (Å²) in [6, 6.07) is 19.2. The van der Waals surface area contributed by atoms with Crippen LogP contribution in [0.3, 0.4) is 0 Å². The standard InChI is InChI=1S/C24H27O5P/c25-23-21-11-20-12-22(23)15-24(13-20,14-21)29-30(26,27-16-18-7-3-1-4-8-18)28-17-19-9-5-2-6-10-19/h1-10,20-22H,11-17H2. The van der Waals surface area contributed by atoms with Crippen LogP contribution in [0.1, 0.15) is 43.2 Å². The van der Waals surface area contributed by atoms with Gasteiger partial charge in [0.25, 0.3) is 0 Å². The van der Waals surface area contributed by atoms with Gasteiger partial charge in [-0.15, -0.1) is 0 Å². The number of carbonyl (C=O) groups excluding carboxylic acids is 1. The minimum absolute atomic E-state index is 0.0351. The maximum absolute atomic E-state index is 13.8. The fourth-order valence-electron chi connectivity index (χ4n) is 5.57. The molecule has 2 unspecified atom stereocenters. The minimum atomic E-state index is -3.83.